The number of rotatable bonds is 11. The van der Waals surface area contributed by atoms with Crippen LogP contribution in [-0.4, -0.2) is 5.71 Å². The average molecular weight is 486 g/mol. The summed E-state index contributed by atoms with van der Waals surface area (Å²) in [5, 5.41) is 0. The number of fused-ring (bicyclic) bond motifs is 3. The number of nitrogens with zero attached hydrogens (tertiary/aromatic N) is 1. The van der Waals surface area contributed by atoms with Crippen molar-refractivity contribution in [2.75, 3.05) is 0 Å². The molecule has 1 heteroatoms. The van der Waals surface area contributed by atoms with Gasteiger partial charge in [-0.2, -0.15) is 0 Å². The lowest BCUT2D eigenvalue weighted by atomic mass is 9.72. The van der Waals surface area contributed by atoms with E-state index in [1.54, 1.807) is 0 Å². The summed E-state index contributed by atoms with van der Waals surface area (Å²) in [6.45, 7) is 19.9. The Bertz CT molecular complexity index is 972. The Balaban J connectivity index is 1.46. The molecule has 2 bridgehead atoms. The first kappa shape index (κ1) is 27.2. The van der Waals surface area contributed by atoms with Gasteiger partial charge in [0.25, 0.3) is 0 Å². The van der Waals surface area contributed by atoms with Gasteiger partial charge in [-0.3, -0.25) is 4.99 Å². The molecule has 4 aliphatic rings. The molecule has 0 spiro atoms. The highest BCUT2D eigenvalue weighted by Gasteiger charge is 2.51. The lowest BCUT2D eigenvalue weighted by molar-refractivity contribution is 0.245. The molecule has 0 aromatic carbocycles. The van der Waals surface area contributed by atoms with Gasteiger partial charge in [0.05, 0.1) is 0 Å². The second kappa shape index (κ2) is 11.7. The van der Waals surface area contributed by atoms with Crippen molar-refractivity contribution in [2.45, 2.75) is 98.8 Å². The normalized spacial score (nSPS) is 33.0. The van der Waals surface area contributed by atoms with Gasteiger partial charge in [-0.15, -0.1) is 5.73 Å². The number of allylic oxidation sites excluding steroid dienone is 8. The maximum absolute atomic E-state index is 5.21. The second-order valence-electron chi connectivity index (χ2n) is 13.2. The molecule has 36 heavy (non-hydrogen) atoms. The van der Waals surface area contributed by atoms with Crippen LogP contribution in [0.3, 0.4) is 0 Å². The van der Waals surface area contributed by atoms with E-state index in [2.05, 4.69) is 77.8 Å². The summed E-state index contributed by atoms with van der Waals surface area (Å²) in [6.07, 6.45) is 24.7. The summed E-state index contributed by atoms with van der Waals surface area (Å²) < 4.78 is 0. The molecule has 0 amide bonds. The minimum Gasteiger partial charge on any atom is -0.262 e. The SMILES string of the molecule is C=C=C(C(/C=C(/C)C=C)C(C)C)[C@@H](CCCC1=NC2=CC(C=CC3(C)CC23)C1)CC1CCC(C)CC1. The predicted octanol–water partition coefficient (Wildman–Crippen LogP) is 10.0. The van der Waals surface area contributed by atoms with Gasteiger partial charge >= 0.3 is 0 Å². The monoisotopic (exact) mass is 485 g/mol. The summed E-state index contributed by atoms with van der Waals surface area (Å²) >= 11 is 0. The molecule has 0 radical (unpaired) electrons. The van der Waals surface area contributed by atoms with Crippen LogP contribution >= 0.6 is 0 Å². The quantitative estimate of drug-likeness (QED) is 0.157. The van der Waals surface area contributed by atoms with Gasteiger partial charge in [-0.25, -0.2) is 0 Å². The standard InChI is InChI=1S/C35H51N/c1-8-25(5)19-32(24(3)4)31(9-2)29(20-27-15-13-26(6)14-16-27)11-10-12-30-21-28-17-18-35(7)23-33(35)34(22-28)36-30/h8,17-19,22,24,26-29,32-33H,1-2,10-16,20-21,23H2,3-7H3/b25-19-/t26?,27?,28?,29-,32?,33?,35?/m0/s1. The van der Waals surface area contributed by atoms with E-state index in [1.807, 2.05) is 6.08 Å². The smallest absolute Gasteiger partial charge is 0.0409 e. The van der Waals surface area contributed by atoms with Gasteiger partial charge < -0.3 is 0 Å². The van der Waals surface area contributed by atoms with Gasteiger partial charge in [0, 0.05) is 29.2 Å². The van der Waals surface area contributed by atoms with Crippen LogP contribution in [0.2, 0.25) is 0 Å². The lowest BCUT2D eigenvalue weighted by Crippen LogP contribution is -2.22. The van der Waals surface area contributed by atoms with Crippen molar-refractivity contribution < 1.29 is 0 Å². The van der Waals surface area contributed by atoms with Crippen LogP contribution < -0.4 is 0 Å². The molecular weight excluding hydrogens is 434 g/mol. The lowest BCUT2D eigenvalue weighted by Gasteiger charge is -2.33. The van der Waals surface area contributed by atoms with E-state index < -0.39 is 0 Å². The second-order valence-corrected chi connectivity index (χ2v) is 13.2. The summed E-state index contributed by atoms with van der Waals surface area (Å²) in [6, 6.07) is 0. The molecule has 196 valence electrons. The van der Waals surface area contributed by atoms with Crippen LogP contribution in [0, 0.1) is 46.8 Å². The maximum atomic E-state index is 5.21. The Labute approximate surface area is 222 Å². The summed E-state index contributed by atoms with van der Waals surface area (Å²) in [7, 11) is 0. The third kappa shape index (κ3) is 6.52. The van der Waals surface area contributed by atoms with Gasteiger partial charge in [0.1, 0.15) is 0 Å². The van der Waals surface area contributed by atoms with Crippen LogP contribution in [-0.2, 0) is 0 Å². The zero-order valence-corrected chi connectivity index (χ0v) is 23.9. The zero-order chi connectivity index (χ0) is 25.9. The Hall–Kier alpha value is -1.85. The molecule has 0 saturated heterocycles. The third-order valence-corrected chi connectivity index (χ3v) is 9.76. The van der Waals surface area contributed by atoms with E-state index in [9.17, 15) is 0 Å². The molecule has 4 unspecified atom stereocenters. The maximum Gasteiger partial charge on any atom is 0.0409 e. The van der Waals surface area contributed by atoms with Gasteiger partial charge in [-0.05, 0) is 80.1 Å². The van der Waals surface area contributed by atoms with E-state index in [1.165, 1.54) is 73.9 Å². The van der Waals surface area contributed by atoms with Crippen LogP contribution in [0.25, 0.3) is 0 Å². The minimum atomic E-state index is 0.384. The molecule has 0 aromatic rings. The van der Waals surface area contributed by atoms with E-state index in [-0.39, 0.29) is 0 Å². The first-order valence-corrected chi connectivity index (χ1v) is 14.9. The van der Waals surface area contributed by atoms with E-state index >= 15 is 0 Å². The van der Waals surface area contributed by atoms with Crippen LogP contribution in [0.4, 0.5) is 0 Å². The number of aliphatic imine (C=N–C) groups is 1. The highest BCUT2D eigenvalue weighted by Crippen LogP contribution is 2.59. The molecule has 4 rings (SSSR count). The Morgan fingerprint density at radius 3 is 2.67 bits per heavy atom. The van der Waals surface area contributed by atoms with Crippen molar-refractivity contribution in [3.05, 3.63) is 66.1 Å². The fourth-order valence-corrected chi connectivity index (χ4v) is 7.09. The molecule has 1 nitrogen and oxygen atoms in total. The fraction of sp³-hybridized carbons (Fsp3) is 0.657. The number of hydrogen-bond acceptors (Lipinski definition) is 1. The largest absolute Gasteiger partial charge is 0.262 e. The topological polar surface area (TPSA) is 12.4 Å². The molecule has 5 atom stereocenters. The van der Waals surface area contributed by atoms with Gasteiger partial charge in [-0.1, -0.05) is 102 Å². The Morgan fingerprint density at radius 1 is 1.25 bits per heavy atom. The zero-order valence-electron chi connectivity index (χ0n) is 23.9. The average Bonchev–Trinajstić information content (AvgIpc) is 3.56. The first-order chi connectivity index (χ1) is 17.2. The molecule has 1 aliphatic heterocycles. The van der Waals surface area contributed by atoms with Crippen molar-refractivity contribution in [1.82, 2.24) is 0 Å². The first-order valence-electron chi connectivity index (χ1n) is 14.9. The molecule has 1 heterocycles. The molecular formula is C35H51N. The summed E-state index contributed by atoms with van der Waals surface area (Å²) in [5.41, 5.74) is 9.42. The predicted molar refractivity (Wildman–Crippen MR) is 157 cm³/mol. The highest BCUT2D eigenvalue weighted by molar-refractivity contribution is 5.87. The van der Waals surface area contributed by atoms with Crippen molar-refractivity contribution in [3.8, 4) is 0 Å². The molecule has 0 aromatic heterocycles. The Kier molecular flexibility index (Phi) is 8.83. The Morgan fingerprint density at radius 2 is 2.00 bits per heavy atom. The van der Waals surface area contributed by atoms with Crippen molar-refractivity contribution >= 4 is 5.71 Å². The van der Waals surface area contributed by atoms with Crippen molar-refractivity contribution in [2.24, 2.45) is 51.8 Å². The molecule has 2 fully saturated rings. The molecule has 3 aliphatic carbocycles. The summed E-state index contributed by atoms with van der Waals surface area (Å²) in [5.74, 6) is 4.49. The molecule has 0 N–H and O–H groups in total. The van der Waals surface area contributed by atoms with Crippen LogP contribution in [0.15, 0.2) is 71.1 Å². The van der Waals surface area contributed by atoms with Crippen molar-refractivity contribution in [3.63, 3.8) is 0 Å². The minimum absolute atomic E-state index is 0.384. The fourth-order valence-electron chi connectivity index (χ4n) is 7.09. The van der Waals surface area contributed by atoms with Crippen molar-refractivity contribution in [1.29, 1.82) is 0 Å². The summed E-state index contributed by atoms with van der Waals surface area (Å²) in [4.78, 5) is 5.21. The highest BCUT2D eigenvalue weighted by atomic mass is 14.8. The van der Waals surface area contributed by atoms with E-state index in [0.29, 0.717) is 35.0 Å². The van der Waals surface area contributed by atoms with Crippen LogP contribution in [0.1, 0.15) is 98.8 Å². The van der Waals surface area contributed by atoms with Crippen LogP contribution in [0.5, 0.6) is 0 Å². The van der Waals surface area contributed by atoms with E-state index in [0.717, 1.165) is 24.7 Å². The van der Waals surface area contributed by atoms with Gasteiger partial charge in [0.2, 0.25) is 0 Å². The van der Waals surface area contributed by atoms with E-state index in [4.69, 9.17) is 4.99 Å². The number of hydrogen-bond donors (Lipinski definition) is 0. The molecule has 2 saturated carbocycles. The third-order valence-electron chi connectivity index (χ3n) is 9.76. The van der Waals surface area contributed by atoms with Gasteiger partial charge in [0.15, 0.2) is 0 Å².